The molecule has 11 heavy (non-hydrogen) atoms. The highest BCUT2D eigenvalue weighted by molar-refractivity contribution is 5.39. The molecule has 0 N–H and O–H groups in total. The Kier molecular flexibility index (Phi) is 1.40. The minimum Gasteiger partial charge on any atom is -0.465 e. The van der Waals surface area contributed by atoms with Gasteiger partial charge in [-0.25, -0.2) is 5.11 Å². The van der Waals surface area contributed by atoms with Gasteiger partial charge in [0.2, 0.25) is 0 Å². The Bertz CT molecular complexity index is 291. The molecule has 0 fully saturated rings. The van der Waals surface area contributed by atoms with E-state index in [0.717, 1.165) is 5.56 Å². The highest BCUT2D eigenvalue weighted by Crippen LogP contribution is 2.29. The zero-order valence-corrected chi connectivity index (χ0v) is 5.86. The van der Waals surface area contributed by atoms with E-state index in [9.17, 15) is 5.11 Å². The number of rotatable bonds is 0. The maximum Gasteiger partial charge on any atom is 0.143 e. The third-order valence-electron chi connectivity index (χ3n) is 1.67. The monoisotopic (exact) mass is 147 g/mol. The molecule has 1 aliphatic rings. The minimum atomic E-state index is -0.764. The Balaban J connectivity index is 2.50. The van der Waals surface area contributed by atoms with Crippen molar-refractivity contribution in [1.29, 1.82) is 0 Å². The summed E-state index contributed by atoms with van der Waals surface area (Å²) in [5.74, 6) is 0.676. The summed E-state index contributed by atoms with van der Waals surface area (Å²) in [7, 11) is 0. The summed E-state index contributed by atoms with van der Waals surface area (Å²) in [6.45, 7) is 0. The fourth-order valence-electron chi connectivity index (χ4n) is 1.11. The molecule has 0 aromatic heterocycles. The molecule has 1 aliphatic heterocycles. The maximum absolute atomic E-state index is 11.2. The zero-order chi connectivity index (χ0) is 7.68. The van der Waals surface area contributed by atoms with Crippen molar-refractivity contribution in [1.82, 2.24) is 0 Å². The molecule has 0 amide bonds. The fourth-order valence-corrected chi connectivity index (χ4v) is 1.11. The summed E-state index contributed by atoms with van der Waals surface area (Å²) in [5, 5.41) is 11.2. The van der Waals surface area contributed by atoms with Crippen molar-refractivity contribution < 1.29 is 9.84 Å². The molecule has 1 radical (unpaired) electrons. The van der Waals surface area contributed by atoms with Crippen molar-refractivity contribution in [2.75, 3.05) is 0 Å². The van der Waals surface area contributed by atoms with Gasteiger partial charge in [0.25, 0.3) is 0 Å². The molecule has 2 rings (SSSR count). The molecule has 1 aromatic carbocycles. The van der Waals surface area contributed by atoms with Gasteiger partial charge in [0.05, 0.1) is 6.26 Å². The number of para-hydroxylation sites is 1. The lowest BCUT2D eigenvalue weighted by molar-refractivity contribution is 0.122. The predicted molar refractivity (Wildman–Crippen MR) is 39.6 cm³/mol. The van der Waals surface area contributed by atoms with Gasteiger partial charge in [0.1, 0.15) is 11.9 Å². The second-order valence-corrected chi connectivity index (χ2v) is 2.40. The van der Waals surface area contributed by atoms with Crippen LogP contribution >= 0.6 is 0 Å². The molecule has 0 spiro atoms. The predicted octanol–water partition coefficient (Wildman–Crippen LogP) is 2.06. The first kappa shape index (κ1) is 6.43. The van der Waals surface area contributed by atoms with E-state index in [1.54, 1.807) is 12.1 Å². The van der Waals surface area contributed by atoms with E-state index in [4.69, 9.17) is 4.74 Å². The van der Waals surface area contributed by atoms with Crippen molar-refractivity contribution in [2.45, 2.75) is 6.10 Å². The molecule has 0 aliphatic carbocycles. The van der Waals surface area contributed by atoms with Crippen molar-refractivity contribution in [3.8, 4) is 5.75 Å². The van der Waals surface area contributed by atoms with Gasteiger partial charge in [0, 0.05) is 5.56 Å². The topological polar surface area (TPSA) is 29.1 Å². The second-order valence-electron chi connectivity index (χ2n) is 2.40. The lowest BCUT2D eigenvalue weighted by atomic mass is 10.1. The SMILES string of the molecule is [O]C1C=COc2ccccc21. The van der Waals surface area contributed by atoms with Crippen LogP contribution in [0.15, 0.2) is 36.6 Å². The normalized spacial score (nSPS) is 20.6. The summed E-state index contributed by atoms with van der Waals surface area (Å²) >= 11 is 0. The maximum atomic E-state index is 11.2. The van der Waals surface area contributed by atoms with Crippen LogP contribution in [0.5, 0.6) is 5.75 Å². The van der Waals surface area contributed by atoms with Crippen LogP contribution in [-0.2, 0) is 5.11 Å². The minimum absolute atomic E-state index is 0.676. The molecular weight excluding hydrogens is 140 g/mol. The summed E-state index contributed by atoms with van der Waals surface area (Å²) in [6.07, 6.45) is 2.18. The molecule has 0 bridgehead atoms. The molecule has 1 atom stereocenters. The lowest BCUT2D eigenvalue weighted by Crippen LogP contribution is -2.00. The van der Waals surface area contributed by atoms with Crippen LogP contribution in [0.2, 0.25) is 0 Å². The quantitative estimate of drug-likeness (QED) is 0.552. The van der Waals surface area contributed by atoms with Crippen LogP contribution in [-0.4, -0.2) is 0 Å². The molecule has 1 aromatic rings. The van der Waals surface area contributed by atoms with E-state index in [-0.39, 0.29) is 0 Å². The van der Waals surface area contributed by atoms with Crippen LogP contribution in [0.3, 0.4) is 0 Å². The van der Waals surface area contributed by atoms with Crippen molar-refractivity contribution >= 4 is 0 Å². The molecule has 1 unspecified atom stereocenters. The van der Waals surface area contributed by atoms with Crippen molar-refractivity contribution in [3.63, 3.8) is 0 Å². The Morgan fingerprint density at radius 2 is 2.09 bits per heavy atom. The van der Waals surface area contributed by atoms with Crippen LogP contribution in [0.1, 0.15) is 11.7 Å². The van der Waals surface area contributed by atoms with E-state index in [1.807, 2.05) is 12.1 Å². The van der Waals surface area contributed by atoms with Gasteiger partial charge in [-0.15, -0.1) is 0 Å². The van der Waals surface area contributed by atoms with Gasteiger partial charge in [-0.3, -0.25) is 0 Å². The van der Waals surface area contributed by atoms with Gasteiger partial charge in [-0.05, 0) is 12.1 Å². The van der Waals surface area contributed by atoms with Gasteiger partial charge in [0.15, 0.2) is 0 Å². The molecular formula is C9H7O2. The van der Waals surface area contributed by atoms with Crippen LogP contribution in [0.4, 0.5) is 0 Å². The van der Waals surface area contributed by atoms with E-state index in [0.29, 0.717) is 5.75 Å². The summed E-state index contributed by atoms with van der Waals surface area (Å²) < 4.78 is 5.11. The van der Waals surface area contributed by atoms with Crippen molar-refractivity contribution in [2.24, 2.45) is 0 Å². The third-order valence-corrected chi connectivity index (χ3v) is 1.67. The average Bonchev–Trinajstić information content (AvgIpc) is 2.06. The smallest absolute Gasteiger partial charge is 0.143 e. The highest BCUT2D eigenvalue weighted by atomic mass is 16.5. The highest BCUT2D eigenvalue weighted by Gasteiger charge is 2.14. The standard InChI is InChI=1S/C9H7O2/c10-8-5-6-11-9-4-2-1-3-7(8)9/h1-6,8H. The summed E-state index contributed by atoms with van der Waals surface area (Å²) in [5.41, 5.74) is 0.718. The lowest BCUT2D eigenvalue weighted by Gasteiger charge is -2.13. The van der Waals surface area contributed by atoms with Crippen molar-refractivity contribution in [3.05, 3.63) is 42.2 Å². The number of ether oxygens (including phenoxy) is 1. The number of hydrogen-bond donors (Lipinski definition) is 0. The van der Waals surface area contributed by atoms with Gasteiger partial charge in [-0.2, -0.15) is 0 Å². The molecule has 1 heterocycles. The van der Waals surface area contributed by atoms with Crippen LogP contribution in [0.25, 0.3) is 0 Å². The molecule has 2 nitrogen and oxygen atoms in total. The van der Waals surface area contributed by atoms with Gasteiger partial charge in [-0.1, -0.05) is 18.2 Å². The number of hydrogen-bond acceptors (Lipinski definition) is 1. The van der Waals surface area contributed by atoms with Crippen LogP contribution < -0.4 is 4.74 Å². The fraction of sp³-hybridized carbons (Fsp3) is 0.111. The van der Waals surface area contributed by atoms with Crippen LogP contribution in [0, 0.1) is 0 Å². The Morgan fingerprint density at radius 1 is 1.27 bits per heavy atom. The largest absolute Gasteiger partial charge is 0.465 e. The average molecular weight is 147 g/mol. The summed E-state index contributed by atoms with van der Waals surface area (Å²) in [4.78, 5) is 0. The summed E-state index contributed by atoms with van der Waals surface area (Å²) in [6, 6.07) is 7.28. The molecule has 0 saturated heterocycles. The van der Waals surface area contributed by atoms with Gasteiger partial charge >= 0.3 is 0 Å². The first-order chi connectivity index (χ1) is 5.38. The van der Waals surface area contributed by atoms with E-state index >= 15 is 0 Å². The molecule has 0 saturated carbocycles. The third kappa shape index (κ3) is 1.01. The number of fused-ring (bicyclic) bond motifs is 1. The molecule has 2 heteroatoms. The second kappa shape index (κ2) is 2.40. The van der Waals surface area contributed by atoms with E-state index < -0.39 is 6.10 Å². The Morgan fingerprint density at radius 3 is 2.91 bits per heavy atom. The van der Waals surface area contributed by atoms with E-state index in [2.05, 4.69) is 0 Å². The Labute approximate surface area is 64.7 Å². The first-order valence-electron chi connectivity index (χ1n) is 3.46. The van der Waals surface area contributed by atoms with E-state index in [1.165, 1.54) is 12.3 Å². The zero-order valence-electron chi connectivity index (χ0n) is 5.86. The number of benzene rings is 1. The van der Waals surface area contributed by atoms with Gasteiger partial charge < -0.3 is 4.74 Å². The molecule has 55 valence electrons. The first-order valence-corrected chi connectivity index (χ1v) is 3.46. The Hall–Kier alpha value is -1.28.